The molecule has 2 nitrogen and oxygen atoms in total. The Hall–Kier alpha value is -0.930. The van der Waals surface area contributed by atoms with Crippen LogP contribution in [-0.2, 0) is 0 Å². The fraction of sp³-hybridized carbons (Fsp3) is 0.364. The van der Waals surface area contributed by atoms with Gasteiger partial charge in [0.1, 0.15) is 0 Å². The first-order chi connectivity index (χ1) is 6.61. The van der Waals surface area contributed by atoms with Crippen LogP contribution in [0.2, 0.25) is 0 Å². The lowest BCUT2D eigenvalue weighted by Gasteiger charge is -2.24. The highest BCUT2D eigenvalue weighted by atomic mass is 32.1. The summed E-state index contributed by atoms with van der Waals surface area (Å²) in [5, 5.41) is 0. The number of thiocarbonyl (C=S) groups is 1. The Balaban J connectivity index is 2.65. The zero-order valence-corrected chi connectivity index (χ0v) is 9.42. The summed E-state index contributed by atoms with van der Waals surface area (Å²) in [4.78, 5) is 2.67. The number of hydrogen-bond donors (Lipinski definition) is 1. The molecule has 0 aliphatic heterocycles. The van der Waals surface area contributed by atoms with Crippen molar-refractivity contribution in [3.05, 3.63) is 35.9 Å². The number of hydrogen-bond acceptors (Lipinski definition) is 2. The fourth-order valence-corrected chi connectivity index (χ4v) is 1.57. The molecule has 3 heteroatoms. The number of rotatable bonds is 4. The van der Waals surface area contributed by atoms with Crippen molar-refractivity contribution in [1.29, 1.82) is 0 Å². The molecule has 76 valence electrons. The van der Waals surface area contributed by atoms with Gasteiger partial charge in [0.15, 0.2) is 0 Å². The van der Waals surface area contributed by atoms with Gasteiger partial charge >= 0.3 is 0 Å². The van der Waals surface area contributed by atoms with Crippen LogP contribution in [0.4, 0.5) is 0 Å². The van der Waals surface area contributed by atoms with Crippen molar-refractivity contribution in [2.24, 2.45) is 5.73 Å². The minimum atomic E-state index is 0.345. The Kier molecular flexibility index (Phi) is 4.04. The zero-order chi connectivity index (χ0) is 10.6. The van der Waals surface area contributed by atoms with Crippen LogP contribution in [0.25, 0.3) is 0 Å². The highest BCUT2D eigenvalue weighted by Crippen LogP contribution is 2.17. The van der Waals surface area contributed by atoms with Crippen molar-refractivity contribution in [2.45, 2.75) is 13.0 Å². The maximum Gasteiger partial charge on any atom is 0.0870 e. The summed E-state index contributed by atoms with van der Waals surface area (Å²) in [5.74, 6) is 0. The third-order valence-corrected chi connectivity index (χ3v) is 2.48. The van der Waals surface area contributed by atoms with Crippen molar-refractivity contribution in [3.8, 4) is 0 Å². The summed E-state index contributed by atoms with van der Waals surface area (Å²) in [6.45, 7) is 2.80. The van der Waals surface area contributed by atoms with Gasteiger partial charge in [-0.3, -0.25) is 4.90 Å². The fourth-order valence-electron chi connectivity index (χ4n) is 1.37. The van der Waals surface area contributed by atoms with Crippen molar-refractivity contribution in [1.82, 2.24) is 4.90 Å². The minimum absolute atomic E-state index is 0.345. The molecule has 1 unspecified atom stereocenters. The first-order valence-electron chi connectivity index (χ1n) is 4.64. The molecule has 1 rings (SSSR count). The zero-order valence-electron chi connectivity index (χ0n) is 8.60. The van der Waals surface area contributed by atoms with Crippen LogP contribution in [0.5, 0.6) is 0 Å². The molecule has 1 aromatic rings. The topological polar surface area (TPSA) is 29.3 Å². The average Bonchev–Trinajstić information content (AvgIpc) is 2.17. The van der Waals surface area contributed by atoms with E-state index in [2.05, 4.69) is 24.0 Å². The molecule has 14 heavy (non-hydrogen) atoms. The van der Waals surface area contributed by atoms with Crippen LogP contribution < -0.4 is 5.73 Å². The highest BCUT2D eigenvalue weighted by Gasteiger charge is 2.10. The van der Waals surface area contributed by atoms with Crippen molar-refractivity contribution >= 4 is 17.2 Å². The van der Waals surface area contributed by atoms with E-state index in [1.807, 2.05) is 25.2 Å². The molecule has 0 saturated heterocycles. The molecular weight excluding hydrogens is 192 g/mol. The van der Waals surface area contributed by atoms with E-state index in [4.69, 9.17) is 18.0 Å². The molecule has 0 spiro atoms. The average molecular weight is 208 g/mol. The predicted molar refractivity (Wildman–Crippen MR) is 64.3 cm³/mol. The lowest BCUT2D eigenvalue weighted by Crippen LogP contribution is -2.31. The van der Waals surface area contributed by atoms with E-state index < -0.39 is 0 Å². The summed E-state index contributed by atoms with van der Waals surface area (Å²) in [7, 11) is 2.02. The largest absolute Gasteiger partial charge is 0.392 e. The number of nitrogens with two attached hydrogens (primary N) is 1. The quantitative estimate of drug-likeness (QED) is 0.767. The van der Waals surface area contributed by atoms with Crippen LogP contribution in [0, 0.1) is 0 Å². The molecular formula is C11H16N2S. The first kappa shape index (κ1) is 11.1. The maximum atomic E-state index is 5.50. The van der Waals surface area contributed by atoms with Crippen LogP contribution in [0.15, 0.2) is 30.3 Å². The molecule has 0 saturated carbocycles. The molecule has 1 aromatic carbocycles. The second-order valence-electron chi connectivity index (χ2n) is 3.47. The summed E-state index contributed by atoms with van der Waals surface area (Å²) < 4.78 is 0. The Morgan fingerprint density at radius 2 is 2.00 bits per heavy atom. The van der Waals surface area contributed by atoms with Gasteiger partial charge in [0, 0.05) is 12.6 Å². The Labute approximate surface area is 90.7 Å². The SMILES string of the molecule is CC(c1ccccc1)N(C)CC(N)=S. The molecule has 0 aromatic heterocycles. The number of likely N-dealkylation sites (N-methyl/N-ethyl adjacent to an activating group) is 1. The summed E-state index contributed by atoms with van der Waals surface area (Å²) in [5.41, 5.74) is 6.78. The van der Waals surface area contributed by atoms with Gasteiger partial charge in [-0.15, -0.1) is 0 Å². The summed E-state index contributed by atoms with van der Waals surface area (Å²) in [6, 6.07) is 10.7. The van der Waals surface area contributed by atoms with Crippen LogP contribution in [-0.4, -0.2) is 23.5 Å². The molecule has 0 bridgehead atoms. The maximum absolute atomic E-state index is 5.50. The van der Waals surface area contributed by atoms with Crippen LogP contribution >= 0.6 is 12.2 Å². The lowest BCUT2D eigenvalue weighted by molar-refractivity contribution is 0.299. The number of benzene rings is 1. The predicted octanol–water partition coefficient (Wildman–Crippen LogP) is 1.97. The van der Waals surface area contributed by atoms with Crippen molar-refractivity contribution < 1.29 is 0 Å². The van der Waals surface area contributed by atoms with E-state index in [0.717, 1.165) is 0 Å². The second-order valence-corrected chi connectivity index (χ2v) is 3.99. The lowest BCUT2D eigenvalue weighted by atomic mass is 10.1. The highest BCUT2D eigenvalue weighted by molar-refractivity contribution is 7.80. The monoisotopic (exact) mass is 208 g/mol. The van der Waals surface area contributed by atoms with Gasteiger partial charge in [0.2, 0.25) is 0 Å². The smallest absolute Gasteiger partial charge is 0.0870 e. The molecule has 0 fully saturated rings. The van der Waals surface area contributed by atoms with E-state index in [9.17, 15) is 0 Å². The molecule has 0 amide bonds. The number of nitrogens with zero attached hydrogens (tertiary/aromatic N) is 1. The van der Waals surface area contributed by atoms with Gasteiger partial charge in [-0.1, -0.05) is 42.5 Å². The van der Waals surface area contributed by atoms with Gasteiger partial charge in [-0.2, -0.15) is 0 Å². The molecule has 0 radical (unpaired) electrons. The van der Waals surface area contributed by atoms with Crippen LogP contribution in [0.1, 0.15) is 18.5 Å². The normalized spacial score (nSPS) is 12.8. The summed E-state index contributed by atoms with van der Waals surface area (Å²) >= 11 is 4.88. The molecule has 0 aliphatic carbocycles. The first-order valence-corrected chi connectivity index (χ1v) is 5.05. The Morgan fingerprint density at radius 3 is 2.50 bits per heavy atom. The molecule has 1 atom stereocenters. The van der Waals surface area contributed by atoms with Crippen molar-refractivity contribution in [3.63, 3.8) is 0 Å². The minimum Gasteiger partial charge on any atom is -0.392 e. The molecule has 0 heterocycles. The van der Waals surface area contributed by atoms with Crippen LogP contribution in [0.3, 0.4) is 0 Å². The van der Waals surface area contributed by atoms with E-state index in [-0.39, 0.29) is 0 Å². The van der Waals surface area contributed by atoms with E-state index in [0.29, 0.717) is 17.6 Å². The summed E-state index contributed by atoms with van der Waals surface area (Å²) in [6.07, 6.45) is 0. The third-order valence-electron chi connectivity index (χ3n) is 2.35. The third kappa shape index (κ3) is 3.09. The van der Waals surface area contributed by atoms with Gasteiger partial charge in [0.05, 0.1) is 4.99 Å². The van der Waals surface area contributed by atoms with Crippen molar-refractivity contribution in [2.75, 3.05) is 13.6 Å². The Morgan fingerprint density at radius 1 is 1.43 bits per heavy atom. The molecule has 0 aliphatic rings. The van der Waals surface area contributed by atoms with Gasteiger partial charge in [-0.25, -0.2) is 0 Å². The van der Waals surface area contributed by atoms with Gasteiger partial charge in [0.25, 0.3) is 0 Å². The second kappa shape index (κ2) is 5.08. The van der Waals surface area contributed by atoms with E-state index in [1.165, 1.54) is 5.56 Å². The van der Waals surface area contributed by atoms with E-state index >= 15 is 0 Å². The Bertz CT molecular complexity index is 297. The van der Waals surface area contributed by atoms with Gasteiger partial charge in [-0.05, 0) is 19.5 Å². The van der Waals surface area contributed by atoms with E-state index in [1.54, 1.807) is 0 Å². The standard InChI is InChI=1S/C11H16N2S/c1-9(13(2)8-11(12)14)10-6-4-3-5-7-10/h3-7,9H,8H2,1-2H3,(H2,12,14). The molecule has 2 N–H and O–H groups in total. The van der Waals surface area contributed by atoms with Gasteiger partial charge < -0.3 is 5.73 Å².